The third-order valence-electron chi connectivity index (χ3n) is 3.41. The largest absolute Gasteiger partial charge is 0.482 e. The van der Waals surface area contributed by atoms with Crippen LogP contribution in [0.1, 0.15) is 29.8 Å². The molecule has 2 rings (SSSR count). The summed E-state index contributed by atoms with van der Waals surface area (Å²) >= 11 is 6.84. The van der Waals surface area contributed by atoms with E-state index in [9.17, 15) is 9.59 Å². The fourth-order valence-corrected chi connectivity index (χ4v) is 3.88. The van der Waals surface area contributed by atoms with Crippen LogP contribution in [-0.2, 0) is 4.79 Å². The van der Waals surface area contributed by atoms with Crippen molar-refractivity contribution in [2.24, 2.45) is 0 Å². The van der Waals surface area contributed by atoms with Crippen molar-refractivity contribution in [3.05, 3.63) is 56.5 Å². The van der Waals surface area contributed by atoms with E-state index in [0.29, 0.717) is 17.0 Å². The molecule has 0 heterocycles. The second kappa shape index (κ2) is 9.19. The molecule has 0 bridgehead atoms. The van der Waals surface area contributed by atoms with E-state index in [1.54, 1.807) is 24.3 Å². The Labute approximate surface area is 169 Å². The van der Waals surface area contributed by atoms with E-state index in [0.717, 1.165) is 14.5 Å². The summed E-state index contributed by atoms with van der Waals surface area (Å²) < 4.78 is 7.32. The smallest absolute Gasteiger partial charge is 0.262 e. The number of aryl methyl sites for hydroxylation is 1. The molecule has 26 heavy (non-hydrogen) atoms. The zero-order valence-corrected chi connectivity index (χ0v) is 17.9. The van der Waals surface area contributed by atoms with Gasteiger partial charge in [-0.15, -0.1) is 0 Å². The van der Waals surface area contributed by atoms with Gasteiger partial charge in [0.25, 0.3) is 11.8 Å². The summed E-state index contributed by atoms with van der Waals surface area (Å²) in [4.78, 5) is 24.5. The van der Waals surface area contributed by atoms with Gasteiger partial charge in [0.05, 0.1) is 15.7 Å². The molecule has 0 spiro atoms. The number of carbonyl (C=O) groups is 2. The predicted molar refractivity (Wildman–Crippen MR) is 110 cm³/mol. The maximum atomic E-state index is 12.3. The van der Waals surface area contributed by atoms with Crippen LogP contribution in [0.25, 0.3) is 0 Å². The van der Waals surface area contributed by atoms with Crippen molar-refractivity contribution in [1.82, 2.24) is 5.32 Å². The molecule has 0 fully saturated rings. The summed E-state index contributed by atoms with van der Waals surface area (Å²) in [5.74, 6) is 0.0292. The van der Waals surface area contributed by atoms with Gasteiger partial charge in [-0.25, -0.2) is 0 Å². The average molecular weight is 484 g/mol. The van der Waals surface area contributed by atoms with Crippen LogP contribution in [0.4, 0.5) is 5.69 Å². The van der Waals surface area contributed by atoms with Crippen LogP contribution in [0.2, 0.25) is 0 Å². The highest BCUT2D eigenvalue weighted by atomic mass is 79.9. The van der Waals surface area contributed by atoms with Crippen molar-refractivity contribution < 1.29 is 14.3 Å². The van der Waals surface area contributed by atoms with Gasteiger partial charge in [0, 0.05) is 10.5 Å². The molecule has 0 radical (unpaired) electrons. The molecule has 138 valence electrons. The lowest BCUT2D eigenvalue weighted by atomic mass is 10.1. The third kappa shape index (κ3) is 5.57. The Morgan fingerprint density at radius 2 is 1.85 bits per heavy atom. The molecule has 2 N–H and O–H groups in total. The maximum absolute atomic E-state index is 12.3. The van der Waals surface area contributed by atoms with Crippen molar-refractivity contribution >= 4 is 49.4 Å². The monoisotopic (exact) mass is 482 g/mol. The molecule has 0 saturated carbocycles. The quantitative estimate of drug-likeness (QED) is 0.627. The van der Waals surface area contributed by atoms with Gasteiger partial charge >= 0.3 is 0 Å². The first kappa shape index (κ1) is 20.5. The molecule has 2 aromatic rings. The van der Waals surface area contributed by atoms with E-state index < -0.39 is 0 Å². The average Bonchev–Trinajstić information content (AvgIpc) is 2.53. The Kier molecular flexibility index (Phi) is 7.23. The van der Waals surface area contributed by atoms with E-state index in [4.69, 9.17) is 4.74 Å². The second-order valence-corrected chi connectivity index (χ2v) is 7.81. The minimum Gasteiger partial charge on any atom is -0.482 e. The summed E-state index contributed by atoms with van der Waals surface area (Å²) in [7, 11) is 0. The number of hydrogen-bond donors (Lipinski definition) is 2. The van der Waals surface area contributed by atoms with Gasteiger partial charge in [0.1, 0.15) is 5.75 Å². The summed E-state index contributed by atoms with van der Waals surface area (Å²) in [5, 5.41) is 5.55. The van der Waals surface area contributed by atoms with Crippen LogP contribution in [-0.4, -0.2) is 24.5 Å². The zero-order valence-electron chi connectivity index (χ0n) is 14.7. The molecule has 2 aromatic carbocycles. The standard InChI is InChI=1S/C19H20Br2N2O3/c1-11(2)22-19(25)14-6-4-5-7-16(14)23-17(24)10-26-18-12(3)8-13(20)9-15(18)21/h4-9,11H,10H2,1-3H3,(H,22,25)(H,23,24). The molecule has 0 aliphatic carbocycles. The maximum Gasteiger partial charge on any atom is 0.262 e. The van der Waals surface area contributed by atoms with Gasteiger partial charge < -0.3 is 15.4 Å². The summed E-state index contributed by atoms with van der Waals surface area (Å²) in [6.45, 7) is 5.49. The van der Waals surface area contributed by atoms with Gasteiger partial charge in [-0.1, -0.05) is 28.1 Å². The first-order valence-corrected chi connectivity index (χ1v) is 9.64. The van der Waals surface area contributed by atoms with Crippen molar-refractivity contribution in [2.45, 2.75) is 26.8 Å². The molecular weight excluding hydrogens is 464 g/mol. The molecule has 0 aliphatic heterocycles. The third-order valence-corrected chi connectivity index (χ3v) is 4.45. The number of carbonyl (C=O) groups excluding carboxylic acids is 2. The Morgan fingerprint density at radius 1 is 1.15 bits per heavy atom. The van der Waals surface area contributed by atoms with E-state index >= 15 is 0 Å². The van der Waals surface area contributed by atoms with Crippen molar-refractivity contribution in [1.29, 1.82) is 0 Å². The number of nitrogens with one attached hydrogen (secondary N) is 2. The van der Waals surface area contributed by atoms with Gasteiger partial charge in [0.15, 0.2) is 6.61 Å². The number of ether oxygens (including phenoxy) is 1. The number of anilines is 1. The fourth-order valence-electron chi connectivity index (χ4n) is 2.33. The van der Waals surface area contributed by atoms with Crippen molar-refractivity contribution in [3.8, 4) is 5.75 Å². The number of rotatable bonds is 6. The van der Waals surface area contributed by atoms with Crippen molar-refractivity contribution in [2.75, 3.05) is 11.9 Å². The first-order valence-electron chi connectivity index (χ1n) is 8.06. The van der Waals surface area contributed by atoms with Gasteiger partial charge in [-0.3, -0.25) is 9.59 Å². The predicted octanol–water partition coefficient (Wildman–Crippen LogP) is 4.68. The van der Waals surface area contributed by atoms with Crippen LogP contribution in [0.15, 0.2) is 45.3 Å². The van der Waals surface area contributed by atoms with Crippen LogP contribution in [0.3, 0.4) is 0 Å². The molecule has 0 saturated heterocycles. The van der Waals surface area contributed by atoms with E-state index in [1.165, 1.54) is 0 Å². The van der Waals surface area contributed by atoms with Gasteiger partial charge in [-0.2, -0.15) is 0 Å². The zero-order chi connectivity index (χ0) is 19.3. The SMILES string of the molecule is Cc1cc(Br)cc(Br)c1OCC(=O)Nc1ccccc1C(=O)NC(C)C. The first-order chi connectivity index (χ1) is 12.3. The van der Waals surface area contributed by atoms with E-state index in [2.05, 4.69) is 42.5 Å². The molecule has 0 atom stereocenters. The van der Waals surface area contributed by atoms with Gasteiger partial charge in [-0.05, 0) is 66.5 Å². The number of amides is 2. The molecule has 7 heteroatoms. The molecule has 0 aliphatic rings. The van der Waals surface area contributed by atoms with Crippen LogP contribution < -0.4 is 15.4 Å². The van der Waals surface area contributed by atoms with Gasteiger partial charge in [0.2, 0.25) is 0 Å². The lowest BCUT2D eigenvalue weighted by Gasteiger charge is -2.14. The Balaban J connectivity index is 2.06. The normalized spacial score (nSPS) is 10.5. The van der Waals surface area contributed by atoms with Crippen molar-refractivity contribution in [3.63, 3.8) is 0 Å². The lowest BCUT2D eigenvalue weighted by molar-refractivity contribution is -0.118. The Morgan fingerprint density at radius 3 is 2.50 bits per heavy atom. The van der Waals surface area contributed by atoms with Crippen LogP contribution >= 0.6 is 31.9 Å². The highest BCUT2D eigenvalue weighted by Gasteiger charge is 2.15. The molecule has 2 amide bonds. The topological polar surface area (TPSA) is 67.4 Å². The number of para-hydroxylation sites is 1. The number of hydrogen-bond acceptors (Lipinski definition) is 3. The Hall–Kier alpha value is -1.86. The second-order valence-electron chi connectivity index (χ2n) is 6.04. The Bertz CT molecular complexity index is 799. The number of halogens is 2. The van der Waals surface area contributed by atoms with Crippen LogP contribution in [0, 0.1) is 6.92 Å². The summed E-state index contributed by atoms with van der Waals surface area (Å²) in [6.07, 6.45) is 0. The number of benzene rings is 2. The summed E-state index contributed by atoms with van der Waals surface area (Å²) in [5.41, 5.74) is 1.76. The molecule has 0 unspecified atom stereocenters. The minimum atomic E-state index is -0.344. The highest BCUT2D eigenvalue weighted by Crippen LogP contribution is 2.32. The highest BCUT2D eigenvalue weighted by molar-refractivity contribution is 9.11. The molecule has 0 aromatic heterocycles. The van der Waals surface area contributed by atoms with E-state index in [-0.39, 0.29) is 24.5 Å². The molecule has 5 nitrogen and oxygen atoms in total. The summed E-state index contributed by atoms with van der Waals surface area (Å²) in [6, 6.07) is 10.6. The molecular formula is C19H20Br2N2O3. The van der Waals surface area contributed by atoms with Crippen LogP contribution in [0.5, 0.6) is 5.75 Å². The fraction of sp³-hybridized carbons (Fsp3) is 0.263. The minimum absolute atomic E-state index is 0.00678. The lowest BCUT2D eigenvalue weighted by Crippen LogP contribution is -2.31. The van der Waals surface area contributed by atoms with E-state index in [1.807, 2.05) is 32.9 Å².